The van der Waals surface area contributed by atoms with E-state index in [1.165, 1.54) is 0 Å². The average molecular weight is 517 g/mol. The van der Waals surface area contributed by atoms with E-state index in [-0.39, 0.29) is 10.4 Å². The summed E-state index contributed by atoms with van der Waals surface area (Å²) >= 11 is 0.707. The number of unbranched alkanes of at least 4 members (excludes halogenated alkanes) is 1. The largest absolute Gasteiger partial charge is 0.494 e. The number of aromatic nitrogens is 1. The molecule has 1 N–H and O–H groups in total. The first-order valence-electron chi connectivity index (χ1n) is 12.5. The lowest BCUT2D eigenvalue weighted by Gasteiger charge is -2.15. The van der Waals surface area contributed by atoms with Crippen molar-refractivity contribution < 1.29 is 23.6 Å². The van der Waals surface area contributed by atoms with E-state index in [0.29, 0.717) is 30.7 Å². The number of ether oxygens (including phenoxy) is 2. The lowest BCUT2D eigenvalue weighted by atomic mass is 9.97. The second kappa shape index (κ2) is 11.5. The molecule has 1 aromatic heterocycles. The molecule has 5 rings (SSSR count). The maximum absolute atomic E-state index is 12.0. The zero-order chi connectivity index (χ0) is 25.6. The minimum Gasteiger partial charge on any atom is -0.494 e. The average Bonchev–Trinajstić information content (AvgIpc) is 3.49. The van der Waals surface area contributed by atoms with Gasteiger partial charge in [0.1, 0.15) is 23.2 Å². The number of carbonyl (C=O) groups excluding carboxylic acids is 2. The molecule has 1 amide bonds. The molecule has 1 fully saturated rings. The van der Waals surface area contributed by atoms with E-state index in [4.69, 9.17) is 14.0 Å². The van der Waals surface area contributed by atoms with Gasteiger partial charge < -0.3 is 19.3 Å². The number of rotatable bonds is 11. The molecule has 1 aliphatic rings. The lowest BCUT2D eigenvalue weighted by molar-refractivity contribution is -0.112. The van der Waals surface area contributed by atoms with Gasteiger partial charge in [0.15, 0.2) is 5.58 Å². The van der Waals surface area contributed by atoms with Crippen molar-refractivity contribution in [2.75, 3.05) is 13.2 Å². The highest BCUT2D eigenvalue weighted by Gasteiger charge is 2.32. The molecule has 0 aliphatic carbocycles. The Labute approximate surface area is 219 Å². The molecule has 0 bridgehead atoms. The Kier molecular flexibility index (Phi) is 7.75. The topological polar surface area (TPSA) is 90.7 Å². The van der Waals surface area contributed by atoms with Crippen LogP contribution in [0.25, 0.3) is 22.2 Å². The van der Waals surface area contributed by atoms with E-state index in [1.807, 2.05) is 54.6 Å². The van der Waals surface area contributed by atoms with Gasteiger partial charge in [-0.15, -0.1) is 0 Å². The minimum absolute atomic E-state index is 0.192. The lowest BCUT2D eigenvalue weighted by Crippen LogP contribution is -2.19. The van der Waals surface area contributed by atoms with Crippen LogP contribution in [0.5, 0.6) is 11.5 Å². The number of benzene rings is 3. The highest BCUT2D eigenvalue weighted by molar-refractivity contribution is 8.26. The zero-order valence-corrected chi connectivity index (χ0v) is 21.4. The van der Waals surface area contributed by atoms with Crippen LogP contribution in [0.15, 0.2) is 71.3 Å². The quantitative estimate of drug-likeness (QED) is 0.222. The van der Waals surface area contributed by atoms with Crippen LogP contribution in [0, 0.1) is 0 Å². The second-order valence-electron chi connectivity index (χ2n) is 8.82. The Morgan fingerprint density at radius 1 is 0.973 bits per heavy atom. The molecule has 7 nitrogen and oxygen atoms in total. The van der Waals surface area contributed by atoms with Crippen molar-refractivity contribution in [2.45, 2.75) is 38.6 Å². The van der Waals surface area contributed by atoms with Gasteiger partial charge in [-0.1, -0.05) is 54.9 Å². The van der Waals surface area contributed by atoms with Crippen molar-refractivity contribution in [3.05, 3.63) is 77.9 Å². The summed E-state index contributed by atoms with van der Waals surface area (Å²) in [6.45, 7) is 3.26. The van der Waals surface area contributed by atoms with Gasteiger partial charge in [0.2, 0.25) is 5.12 Å². The van der Waals surface area contributed by atoms with Crippen LogP contribution < -0.4 is 14.8 Å². The highest BCUT2D eigenvalue weighted by Crippen LogP contribution is 2.35. The number of amides is 1. The molecular formula is C29H28N2O5S. The smallest absolute Gasteiger partial charge is 0.287 e. The number of nitrogens with zero attached hydrogens (tertiary/aromatic N) is 1. The van der Waals surface area contributed by atoms with Crippen molar-refractivity contribution in [2.24, 2.45) is 0 Å². The van der Waals surface area contributed by atoms with Gasteiger partial charge in [-0.2, -0.15) is 0 Å². The van der Waals surface area contributed by atoms with Crippen LogP contribution in [-0.2, 0) is 11.2 Å². The van der Waals surface area contributed by atoms with Gasteiger partial charge in [-0.25, -0.2) is 0 Å². The first-order valence-corrected chi connectivity index (χ1v) is 13.3. The summed E-state index contributed by atoms with van der Waals surface area (Å²) in [6, 6.07) is 20.7. The van der Waals surface area contributed by atoms with E-state index < -0.39 is 6.04 Å². The summed E-state index contributed by atoms with van der Waals surface area (Å²) in [6.07, 6.45) is 3.52. The van der Waals surface area contributed by atoms with Crippen LogP contribution in [0.4, 0.5) is 4.79 Å². The molecule has 4 aromatic rings. The Bertz CT molecular complexity index is 1420. The summed E-state index contributed by atoms with van der Waals surface area (Å²) in [4.78, 5) is 23.4. The normalized spacial score (nSPS) is 15.2. The second-order valence-corrected chi connectivity index (χ2v) is 9.80. The standard InChI is InChI=1S/C29H28N2O5S/c1-2-9-21-22(27-23-12-3-4-14-25(23)36-31-27)13-8-15-24(21)35-17-6-5-16-34-20-11-7-10-19(18-20)26-28(32)37-29(33)30-26/h3-4,7-8,10-15,18,26H,2,5-6,9,16-17H2,1H3,(H,30,33). The molecule has 2 heterocycles. The fourth-order valence-corrected chi connectivity index (χ4v) is 5.12. The number of fused-ring (bicyclic) bond motifs is 1. The fraction of sp³-hybridized carbons (Fsp3) is 0.276. The predicted molar refractivity (Wildman–Crippen MR) is 144 cm³/mol. The summed E-state index contributed by atoms with van der Waals surface area (Å²) in [5.41, 5.74) is 4.53. The molecular weight excluding hydrogens is 488 g/mol. The summed E-state index contributed by atoms with van der Waals surface area (Å²) < 4.78 is 17.6. The fourth-order valence-electron chi connectivity index (χ4n) is 4.45. The van der Waals surface area contributed by atoms with E-state index in [0.717, 1.165) is 64.8 Å². The molecule has 1 aliphatic heterocycles. The van der Waals surface area contributed by atoms with Crippen molar-refractivity contribution in [1.82, 2.24) is 10.5 Å². The number of hydrogen-bond acceptors (Lipinski definition) is 7. The molecule has 1 saturated heterocycles. The number of carbonyl (C=O) groups is 2. The van der Waals surface area contributed by atoms with Gasteiger partial charge in [-0.05, 0) is 55.2 Å². The van der Waals surface area contributed by atoms with Crippen LogP contribution >= 0.6 is 11.8 Å². The van der Waals surface area contributed by atoms with Crippen LogP contribution in [0.2, 0.25) is 0 Å². The van der Waals surface area contributed by atoms with Gasteiger partial charge in [0.05, 0.1) is 13.2 Å². The summed E-state index contributed by atoms with van der Waals surface area (Å²) in [7, 11) is 0. The van der Waals surface area contributed by atoms with E-state index >= 15 is 0 Å². The third-order valence-electron chi connectivity index (χ3n) is 6.21. The van der Waals surface area contributed by atoms with Crippen LogP contribution in [-0.4, -0.2) is 28.7 Å². The molecule has 190 valence electrons. The van der Waals surface area contributed by atoms with Gasteiger partial charge in [-0.3, -0.25) is 9.59 Å². The number of thioether (sulfide) groups is 1. The minimum atomic E-state index is -0.613. The van der Waals surface area contributed by atoms with Crippen LogP contribution in [0.3, 0.4) is 0 Å². The summed E-state index contributed by atoms with van der Waals surface area (Å²) in [5, 5.41) is 7.51. The van der Waals surface area contributed by atoms with E-state index in [9.17, 15) is 9.59 Å². The third-order valence-corrected chi connectivity index (χ3v) is 6.95. The Balaban J connectivity index is 1.16. The zero-order valence-electron chi connectivity index (χ0n) is 20.6. The van der Waals surface area contributed by atoms with Gasteiger partial charge in [0, 0.05) is 28.3 Å². The summed E-state index contributed by atoms with van der Waals surface area (Å²) in [5.74, 6) is 1.55. The Morgan fingerprint density at radius 3 is 2.59 bits per heavy atom. The first kappa shape index (κ1) is 24.9. The van der Waals surface area contributed by atoms with Crippen molar-refractivity contribution in [3.63, 3.8) is 0 Å². The molecule has 3 aromatic carbocycles. The van der Waals surface area contributed by atoms with Gasteiger partial charge >= 0.3 is 0 Å². The molecule has 8 heteroatoms. The van der Waals surface area contributed by atoms with Crippen molar-refractivity contribution >= 4 is 33.1 Å². The number of hydrogen-bond donors (Lipinski definition) is 1. The van der Waals surface area contributed by atoms with Crippen LogP contribution in [0.1, 0.15) is 43.4 Å². The maximum atomic E-state index is 12.0. The third kappa shape index (κ3) is 5.64. The van der Waals surface area contributed by atoms with E-state index in [1.54, 1.807) is 6.07 Å². The monoisotopic (exact) mass is 516 g/mol. The maximum Gasteiger partial charge on any atom is 0.287 e. The number of para-hydroxylation sites is 1. The van der Waals surface area contributed by atoms with Crippen molar-refractivity contribution in [1.29, 1.82) is 0 Å². The van der Waals surface area contributed by atoms with Crippen molar-refractivity contribution in [3.8, 4) is 22.8 Å². The van der Waals surface area contributed by atoms with E-state index in [2.05, 4.69) is 23.5 Å². The number of nitrogens with one attached hydrogen (secondary N) is 1. The highest BCUT2D eigenvalue weighted by atomic mass is 32.2. The molecule has 0 radical (unpaired) electrons. The molecule has 1 unspecified atom stereocenters. The Morgan fingerprint density at radius 2 is 1.78 bits per heavy atom. The molecule has 0 spiro atoms. The molecule has 1 atom stereocenters. The first-order chi connectivity index (χ1) is 18.1. The molecule has 37 heavy (non-hydrogen) atoms. The molecule has 0 saturated carbocycles. The Hall–Kier alpha value is -3.78. The van der Waals surface area contributed by atoms with Gasteiger partial charge in [0.25, 0.3) is 5.24 Å². The SMILES string of the molecule is CCCc1c(OCCCCOc2cccc(C3NC(=O)SC3=O)c2)cccc1-c1noc2ccccc12. The predicted octanol–water partition coefficient (Wildman–Crippen LogP) is 6.71.